The van der Waals surface area contributed by atoms with Gasteiger partial charge in [-0.25, -0.2) is 4.39 Å². The van der Waals surface area contributed by atoms with Crippen molar-refractivity contribution in [1.29, 1.82) is 0 Å². The van der Waals surface area contributed by atoms with Crippen molar-refractivity contribution in [3.63, 3.8) is 0 Å². The molecule has 0 spiro atoms. The summed E-state index contributed by atoms with van der Waals surface area (Å²) in [6, 6.07) is 6.42. The highest BCUT2D eigenvalue weighted by Crippen LogP contribution is 2.38. The summed E-state index contributed by atoms with van der Waals surface area (Å²) in [7, 11) is 0. The van der Waals surface area contributed by atoms with Crippen LogP contribution >= 0.6 is 0 Å². The average Bonchev–Trinajstić information content (AvgIpc) is 2.97. The number of furan rings is 1. The van der Waals surface area contributed by atoms with Crippen molar-refractivity contribution in [3.05, 3.63) is 64.4 Å². The summed E-state index contributed by atoms with van der Waals surface area (Å²) in [5.74, 6) is 0.555. The van der Waals surface area contributed by atoms with Crippen molar-refractivity contribution >= 4 is 17.3 Å². The van der Waals surface area contributed by atoms with Gasteiger partial charge in [0.15, 0.2) is 11.5 Å². The van der Waals surface area contributed by atoms with Crippen LogP contribution in [0.15, 0.2) is 34.8 Å². The predicted molar refractivity (Wildman–Crippen MR) is 105 cm³/mol. The van der Waals surface area contributed by atoms with E-state index < -0.39 is 0 Å². The van der Waals surface area contributed by atoms with Gasteiger partial charge in [-0.05, 0) is 42.0 Å². The molecule has 0 saturated heterocycles. The molecule has 0 saturated carbocycles. The molecule has 0 unspecified atom stereocenters. The third-order valence-corrected chi connectivity index (χ3v) is 5.68. The number of carbonyl (C=O) groups excluding carboxylic acids is 2. The molecule has 146 valence electrons. The molecule has 2 aromatic rings. The first-order chi connectivity index (χ1) is 13.2. The van der Waals surface area contributed by atoms with Gasteiger partial charge < -0.3 is 9.32 Å². The molecule has 1 aromatic carbocycles. The minimum Gasteiger partial charge on any atom is -0.455 e. The van der Waals surface area contributed by atoms with Crippen molar-refractivity contribution < 1.29 is 18.4 Å². The molecule has 1 aliphatic carbocycles. The molecule has 0 fully saturated rings. The van der Waals surface area contributed by atoms with E-state index in [2.05, 4.69) is 0 Å². The molecule has 4 nitrogen and oxygen atoms in total. The Hall–Kier alpha value is -2.69. The Kier molecular flexibility index (Phi) is 4.48. The quantitative estimate of drug-likeness (QED) is 0.750. The lowest BCUT2D eigenvalue weighted by Gasteiger charge is -2.27. The maximum atomic E-state index is 13.1. The Morgan fingerprint density at radius 1 is 1.18 bits per heavy atom. The van der Waals surface area contributed by atoms with Crippen molar-refractivity contribution in [2.24, 2.45) is 5.41 Å². The average molecular weight is 381 g/mol. The van der Waals surface area contributed by atoms with Gasteiger partial charge in [0, 0.05) is 31.5 Å². The summed E-state index contributed by atoms with van der Waals surface area (Å²) in [6.07, 6.45) is 3.84. The van der Waals surface area contributed by atoms with E-state index >= 15 is 0 Å². The van der Waals surface area contributed by atoms with Crippen LogP contribution in [0.3, 0.4) is 0 Å². The first kappa shape index (κ1) is 18.7. The number of amides is 1. The number of carbonyl (C=O) groups is 2. The van der Waals surface area contributed by atoms with Crippen LogP contribution in [0.2, 0.25) is 0 Å². The zero-order valence-corrected chi connectivity index (χ0v) is 16.5. The second-order valence-electron chi connectivity index (χ2n) is 8.53. The van der Waals surface area contributed by atoms with Crippen LogP contribution in [0.4, 0.5) is 4.39 Å². The van der Waals surface area contributed by atoms with E-state index in [4.69, 9.17) is 4.42 Å². The summed E-state index contributed by atoms with van der Waals surface area (Å²) in [4.78, 5) is 27.3. The zero-order valence-electron chi connectivity index (χ0n) is 16.5. The minimum absolute atomic E-state index is 0.0590. The molecular formula is C23H24FNO3. The smallest absolute Gasteiger partial charge is 0.290 e. The number of fused-ring (bicyclic) bond motifs is 1. The van der Waals surface area contributed by atoms with E-state index in [0.717, 1.165) is 11.1 Å². The van der Waals surface area contributed by atoms with Gasteiger partial charge in [-0.3, -0.25) is 9.59 Å². The van der Waals surface area contributed by atoms with Crippen LogP contribution in [-0.2, 0) is 6.42 Å². The second-order valence-corrected chi connectivity index (χ2v) is 8.53. The fraction of sp³-hybridized carbons (Fsp3) is 0.391. The number of hydrogen-bond donors (Lipinski definition) is 0. The van der Waals surface area contributed by atoms with Crippen molar-refractivity contribution in [2.75, 3.05) is 13.1 Å². The number of nitrogens with zero attached hydrogens (tertiary/aromatic N) is 1. The Morgan fingerprint density at radius 2 is 1.89 bits per heavy atom. The molecular weight excluding hydrogens is 357 g/mol. The minimum atomic E-state index is -0.257. The van der Waals surface area contributed by atoms with E-state index in [0.29, 0.717) is 49.2 Å². The Bertz CT molecular complexity index is 982. The van der Waals surface area contributed by atoms with Crippen LogP contribution in [-0.4, -0.2) is 29.7 Å². The van der Waals surface area contributed by atoms with Gasteiger partial charge in [-0.2, -0.15) is 0 Å². The summed E-state index contributed by atoms with van der Waals surface area (Å²) in [5.41, 5.74) is 3.20. The van der Waals surface area contributed by atoms with Crippen molar-refractivity contribution in [3.8, 4) is 0 Å². The Morgan fingerprint density at radius 3 is 2.54 bits per heavy atom. The van der Waals surface area contributed by atoms with Gasteiger partial charge in [0.05, 0.1) is 5.56 Å². The lowest BCUT2D eigenvalue weighted by Crippen LogP contribution is -2.34. The van der Waals surface area contributed by atoms with Gasteiger partial charge in [-0.15, -0.1) is 0 Å². The fourth-order valence-corrected chi connectivity index (χ4v) is 4.21. The monoisotopic (exact) mass is 381 g/mol. The lowest BCUT2D eigenvalue weighted by molar-refractivity contribution is 0.0734. The van der Waals surface area contributed by atoms with Gasteiger partial charge in [0.2, 0.25) is 0 Å². The molecule has 4 rings (SSSR count). The number of benzene rings is 1. The topological polar surface area (TPSA) is 50.5 Å². The molecule has 0 N–H and O–H groups in total. The second kappa shape index (κ2) is 6.73. The fourth-order valence-electron chi connectivity index (χ4n) is 4.21. The van der Waals surface area contributed by atoms with Crippen LogP contribution in [0.25, 0.3) is 5.57 Å². The molecule has 0 atom stereocenters. The lowest BCUT2D eigenvalue weighted by atomic mass is 9.76. The first-order valence-corrected chi connectivity index (χ1v) is 9.65. The molecule has 1 aliphatic heterocycles. The van der Waals surface area contributed by atoms with Crippen LogP contribution < -0.4 is 0 Å². The van der Waals surface area contributed by atoms with Crippen LogP contribution in [0.1, 0.15) is 64.5 Å². The number of hydrogen-bond acceptors (Lipinski definition) is 3. The van der Waals surface area contributed by atoms with Gasteiger partial charge in [0.1, 0.15) is 11.6 Å². The maximum absolute atomic E-state index is 13.1. The van der Waals surface area contributed by atoms with Gasteiger partial charge in [-0.1, -0.05) is 32.1 Å². The summed E-state index contributed by atoms with van der Waals surface area (Å²) >= 11 is 0. The van der Waals surface area contributed by atoms with E-state index in [1.54, 1.807) is 24.0 Å². The third kappa shape index (κ3) is 3.30. The molecule has 0 radical (unpaired) electrons. The molecule has 2 heterocycles. The highest BCUT2D eigenvalue weighted by atomic mass is 19.1. The predicted octanol–water partition coefficient (Wildman–Crippen LogP) is 4.81. The summed E-state index contributed by atoms with van der Waals surface area (Å²) < 4.78 is 19.0. The molecule has 0 bridgehead atoms. The highest BCUT2D eigenvalue weighted by molar-refractivity contribution is 6.04. The molecule has 1 amide bonds. The zero-order chi connectivity index (χ0) is 20.1. The van der Waals surface area contributed by atoms with Gasteiger partial charge >= 0.3 is 0 Å². The van der Waals surface area contributed by atoms with Crippen molar-refractivity contribution in [2.45, 2.75) is 40.0 Å². The molecule has 5 heteroatoms. The SMILES string of the molecule is Cc1c(C(=O)N2CC=C(c3ccc(F)cc3)CC2)oc2c1C(=O)CC(C)(C)C2. The number of ketones is 1. The van der Waals surface area contributed by atoms with Gasteiger partial charge in [0.25, 0.3) is 5.91 Å². The van der Waals surface area contributed by atoms with E-state index in [1.165, 1.54) is 12.1 Å². The normalized spacial score (nSPS) is 18.6. The van der Waals surface area contributed by atoms with E-state index in [9.17, 15) is 14.0 Å². The number of halogens is 1. The van der Waals surface area contributed by atoms with Crippen LogP contribution in [0, 0.1) is 18.2 Å². The standard InChI is InChI=1S/C23H24FNO3/c1-14-20-18(26)12-23(2,3)13-19(20)28-21(14)22(27)25-10-8-16(9-11-25)15-4-6-17(24)7-5-15/h4-8H,9-13H2,1-3H3. The maximum Gasteiger partial charge on any atom is 0.290 e. The largest absolute Gasteiger partial charge is 0.455 e. The molecule has 1 aromatic heterocycles. The third-order valence-electron chi connectivity index (χ3n) is 5.68. The first-order valence-electron chi connectivity index (χ1n) is 9.65. The Labute approximate surface area is 164 Å². The number of rotatable bonds is 2. The molecule has 2 aliphatic rings. The Balaban J connectivity index is 1.55. The summed E-state index contributed by atoms with van der Waals surface area (Å²) in [5, 5.41) is 0. The summed E-state index contributed by atoms with van der Waals surface area (Å²) in [6.45, 7) is 6.91. The van der Waals surface area contributed by atoms with E-state index in [1.807, 2.05) is 19.9 Å². The van der Waals surface area contributed by atoms with Crippen LogP contribution in [0.5, 0.6) is 0 Å². The van der Waals surface area contributed by atoms with Crippen molar-refractivity contribution in [1.82, 2.24) is 4.90 Å². The van der Waals surface area contributed by atoms with E-state index in [-0.39, 0.29) is 28.7 Å². The highest BCUT2D eigenvalue weighted by Gasteiger charge is 2.37. The molecule has 28 heavy (non-hydrogen) atoms. The number of Topliss-reactive ketones (excluding diaryl/α,β-unsaturated/α-hetero) is 1.